The Bertz CT molecular complexity index is 2060. The molecule has 2 aromatic rings. The fourth-order valence-electron chi connectivity index (χ4n) is 9.62. The van der Waals surface area contributed by atoms with Crippen LogP contribution in [0, 0.1) is 22.7 Å². The van der Waals surface area contributed by atoms with Crippen molar-refractivity contribution in [3.63, 3.8) is 0 Å². The first-order valence-electron chi connectivity index (χ1n) is 22.1. The minimum atomic E-state index is -1.07. The van der Waals surface area contributed by atoms with Gasteiger partial charge in [-0.25, -0.2) is 9.59 Å². The number of rotatable bonds is 5. The topological polar surface area (TPSA) is 209 Å². The summed E-state index contributed by atoms with van der Waals surface area (Å²) < 4.78 is 5.25. The van der Waals surface area contributed by atoms with E-state index < -0.39 is 35.0 Å². The number of aromatic nitrogens is 4. The van der Waals surface area contributed by atoms with E-state index in [4.69, 9.17) is 4.74 Å². The number of allylic oxidation sites excluding steroid dienone is 4. The first kappa shape index (κ1) is 44.6. The van der Waals surface area contributed by atoms with E-state index >= 15 is 0 Å². The van der Waals surface area contributed by atoms with Gasteiger partial charge in [0.2, 0.25) is 5.82 Å². The van der Waals surface area contributed by atoms with Crippen molar-refractivity contribution in [1.82, 2.24) is 39.8 Å². The summed E-state index contributed by atoms with van der Waals surface area (Å²) >= 11 is 0. The predicted molar refractivity (Wildman–Crippen MR) is 225 cm³/mol. The van der Waals surface area contributed by atoms with Gasteiger partial charge in [-0.15, -0.1) is 10.2 Å². The van der Waals surface area contributed by atoms with Gasteiger partial charge in [0.15, 0.2) is 11.6 Å². The van der Waals surface area contributed by atoms with Crippen LogP contribution in [0.15, 0.2) is 54.6 Å². The Hall–Kier alpha value is -5.45. The summed E-state index contributed by atoms with van der Waals surface area (Å²) in [7, 11) is 3.48. The number of carboxylic acids is 1. The molecule has 4 amide bonds. The van der Waals surface area contributed by atoms with E-state index in [0.29, 0.717) is 38.2 Å². The molecule has 334 valence electrons. The number of aliphatic hydroxyl groups is 1. The van der Waals surface area contributed by atoms with Crippen molar-refractivity contribution in [2.75, 3.05) is 46.9 Å². The quantitative estimate of drug-likeness (QED) is 0.314. The Balaban J connectivity index is 0.000000193. The molecule has 1 aromatic carbocycles. The number of Topliss-reactive ketones (excluding diaryl/α,β-unsaturated/α-hetero) is 2. The molecule has 8 rings (SSSR count). The number of carbonyl (C=O) groups is 6. The molecule has 0 radical (unpaired) electrons. The maximum atomic E-state index is 13.5. The van der Waals surface area contributed by atoms with E-state index in [9.17, 15) is 39.0 Å². The van der Waals surface area contributed by atoms with Crippen LogP contribution in [0.1, 0.15) is 90.0 Å². The van der Waals surface area contributed by atoms with Crippen LogP contribution in [0.25, 0.3) is 11.4 Å². The molecule has 0 bridgehead atoms. The van der Waals surface area contributed by atoms with Crippen LogP contribution in [0.5, 0.6) is 0 Å². The fourth-order valence-corrected chi connectivity index (χ4v) is 9.62. The van der Waals surface area contributed by atoms with Gasteiger partial charge in [-0.3, -0.25) is 19.2 Å². The third-order valence-corrected chi connectivity index (χ3v) is 13.6. The second kappa shape index (κ2) is 18.9. The van der Waals surface area contributed by atoms with Gasteiger partial charge >= 0.3 is 24.0 Å². The normalized spacial score (nSPS) is 32.8. The second-order valence-corrected chi connectivity index (χ2v) is 17.9. The number of fused-ring (bicyclic) bond motifs is 4. The highest BCUT2D eigenvalue weighted by atomic mass is 16.5. The standard InChI is InChI=1S/C25H30N6O4.C20H30N2O5/c1-29-12-8-3-2-7-11-18-14-25(18,23(33)34)15-21(32)20-13-19(16-30(20)24(29)35)31-27-22(26-28-31)17-9-5-4-6-10-17;1-3-27-18(25)20-11-14(20)8-6-4-5-7-9-21(2)19(26)22-13-15(23)10-16(22)17(24)12-20/h4-7,9-11,18-20H,2-3,8,12-16H2,1H3,(H,33,34);6,8,14-16,23H,3-5,7,9-13H2,1-2H3/b11-7-;8-6-/t18-,19-,20+,25-;14-,15+,16+,20-/m11/s1. The number of nitrogens with zero attached hydrogens (tertiary/aromatic N) is 8. The van der Waals surface area contributed by atoms with Crippen molar-refractivity contribution >= 4 is 35.6 Å². The molecule has 1 aromatic heterocycles. The number of ether oxygens (including phenoxy) is 1. The van der Waals surface area contributed by atoms with Gasteiger partial charge in [0, 0.05) is 71.5 Å². The zero-order chi connectivity index (χ0) is 44.2. The van der Waals surface area contributed by atoms with Crippen molar-refractivity contribution < 1.29 is 43.7 Å². The fraction of sp³-hybridized carbons (Fsp3) is 0.622. The molecule has 4 aliphatic heterocycles. The number of hydrogen-bond donors (Lipinski definition) is 2. The Morgan fingerprint density at radius 1 is 0.790 bits per heavy atom. The highest BCUT2D eigenvalue weighted by Crippen LogP contribution is 2.58. The third-order valence-electron chi connectivity index (χ3n) is 13.6. The molecule has 2 aliphatic carbocycles. The van der Waals surface area contributed by atoms with Crippen LogP contribution in [-0.4, -0.2) is 151 Å². The van der Waals surface area contributed by atoms with E-state index in [1.807, 2.05) is 48.6 Å². The van der Waals surface area contributed by atoms with Crippen LogP contribution >= 0.6 is 0 Å². The molecule has 0 unspecified atom stereocenters. The van der Waals surface area contributed by atoms with Crippen molar-refractivity contribution in [1.29, 1.82) is 0 Å². The summed E-state index contributed by atoms with van der Waals surface area (Å²) in [6, 6.07) is 7.33. The smallest absolute Gasteiger partial charge is 0.320 e. The van der Waals surface area contributed by atoms with Crippen LogP contribution < -0.4 is 0 Å². The highest BCUT2D eigenvalue weighted by molar-refractivity contribution is 5.95. The number of urea groups is 2. The molecule has 4 fully saturated rings. The van der Waals surface area contributed by atoms with E-state index in [2.05, 4.69) is 21.5 Å². The van der Waals surface area contributed by atoms with Crippen LogP contribution in [0.4, 0.5) is 9.59 Å². The zero-order valence-electron chi connectivity index (χ0n) is 36.0. The maximum Gasteiger partial charge on any atom is 0.320 e. The summed E-state index contributed by atoms with van der Waals surface area (Å²) in [5, 5.41) is 32.9. The molecule has 2 saturated carbocycles. The average Bonchev–Trinajstić information content (AvgIpc) is 3.82. The number of ketones is 2. The van der Waals surface area contributed by atoms with E-state index in [-0.39, 0.29) is 86.4 Å². The lowest BCUT2D eigenvalue weighted by Crippen LogP contribution is -2.47. The molecule has 8 atom stereocenters. The number of carboxylic acid groups (broad SMARTS) is 1. The Kier molecular flexibility index (Phi) is 13.6. The van der Waals surface area contributed by atoms with Gasteiger partial charge in [-0.05, 0) is 75.3 Å². The zero-order valence-corrected chi connectivity index (χ0v) is 36.0. The Morgan fingerprint density at radius 3 is 1.97 bits per heavy atom. The number of esters is 1. The first-order valence-corrected chi connectivity index (χ1v) is 22.1. The van der Waals surface area contributed by atoms with Crippen molar-refractivity contribution in [3.05, 3.63) is 54.6 Å². The molecule has 0 spiro atoms. The monoisotopic (exact) mass is 856 g/mol. The lowest BCUT2D eigenvalue weighted by molar-refractivity contribution is -0.152. The number of aliphatic carboxylic acids is 1. The SMILES string of the molecule is CCOC(=O)[C@]12CC(=O)[C@@H]3C[C@H](O)CN3C(=O)N(C)CCCC/C=C\[C@@H]1C2.CN1CCCC/C=C\[C@@H]2C[C@@]2(C(=O)O)CC(=O)[C@@H]2C[C@@H](n3nnc(-c4ccccc4)n3)CN2C1=O. The van der Waals surface area contributed by atoms with E-state index in [0.717, 1.165) is 44.1 Å². The van der Waals surface area contributed by atoms with Crippen molar-refractivity contribution in [2.24, 2.45) is 22.7 Å². The average molecular weight is 857 g/mol. The molecule has 62 heavy (non-hydrogen) atoms. The van der Waals surface area contributed by atoms with E-state index in [1.165, 1.54) is 9.70 Å². The summed E-state index contributed by atoms with van der Waals surface area (Å²) in [5.41, 5.74) is -1.04. The van der Waals surface area contributed by atoms with Crippen molar-refractivity contribution in [2.45, 2.75) is 108 Å². The first-order chi connectivity index (χ1) is 29.8. The molecular weight excluding hydrogens is 797 g/mol. The number of carbonyl (C=O) groups excluding carboxylic acids is 5. The molecule has 6 aliphatic rings. The lowest BCUT2D eigenvalue weighted by Gasteiger charge is -2.29. The summed E-state index contributed by atoms with van der Waals surface area (Å²) in [6.07, 6.45) is 14.3. The number of amides is 4. The van der Waals surface area contributed by atoms with Gasteiger partial charge in [0.05, 0.1) is 41.7 Å². The number of benzene rings is 1. The second-order valence-electron chi connectivity index (χ2n) is 17.9. The molecule has 5 heterocycles. The molecule has 2 N–H and O–H groups in total. The number of aliphatic hydroxyl groups excluding tert-OH is 1. The van der Waals surface area contributed by atoms with Crippen molar-refractivity contribution in [3.8, 4) is 11.4 Å². The summed E-state index contributed by atoms with van der Waals surface area (Å²) in [5.74, 6) is -1.28. The van der Waals surface area contributed by atoms with Gasteiger partial charge < -0.3 is 34.5 Å². The predicted octanol–water partition coefficient (Wildman–Crippen LogP) is 4.54. The van der Waals surface area contributed by atoms with Crippen LogP contribution in [0.2, 0.25) is 0 Å². The Labute approximate surface area is 362 Å². The highest BCUT2D eigenvalue weighted by Gasteiger charge is 2.62. The molecule has 17 heteroatoms. The molecule has 17 nitrogen and oxygen atoms in total. The number of tetrazole rings is 1. The minimum Gasteiger partial charge on any atom is -0.481 e. The molecule has 2 saturated heterocycles. The van der Waals surface area contributed by atoms with Crippen LogP contribution in [0.3, 0.4) is 0 Å². The maximum absolute atomic E-state index is 13.5. The van der Waals surface area contributed by atoms with Gasteiger partial charge in [-0.2, -0.15) is 4.80 Å². The molecular formula is C45H60N8O9. The summed E-state index contributed by atoms with van der Waals surface area (Å²) in [4.78, 5) is 85.2. The van der Waals surface area contributed by atoms with Crippen LogP contribution in [-0.2, 0) is 23.9 Å². The number of hydrogen-bond acceptors (Lipinski definition) is 11. The summed E-state index contributed by atoms with van der Waals surface area (Å²) in [6.45, 7) is 3.69. The minimum absolute atomic E-state index is 0.0154. The largest absolute Gasteiger partial charge is 0.481 e. The van der Waals surface area contributed by atoms with E-state index in [1.54, 1.807) is 35.7 Å². The third kappa shape index (κ3) is 9.47. The van der Waals surface area contributed by atoms with Gasteiger partial charge in [0.1, 0.15) is 0 Å². The lowest BCUT2D eigenvalue weighted by atomic mass is 9.92. The van der Waals surface area contributed by atoms with Gasteiger partial charge in [0.25, 0.3) is 0 Å². The Morgan fingerprint density at radius 2 is 1.35 bits per heavy atom. The van der Waals surface area contributed by atoms with Gasteiger partial charge in [-0.1, -0.05) is 54.6 Å².